The number of hydrogen-bond acceptors (Lipinski definition) is 3. The maximum Gasteiger partial charge on any atom is 0.273 e. The van der Waals surface area contributed by atoms with Crippen molar-refractivity contribution >= 4 is 11.5 Å². The fraction of sp³-hybridized carbons (Fsp3) is 0.417. The maximum absolute atomic E-state index is 11.1. The number of rotatable bonds is 5. The molecule has 86 valence electrons. The van der Waals surface area contributed by atoms with Gasteiger partial charge in [0.05, 0.1) is 4.92 Å². The van der Waals surface area contributed by atoms with Crippen molar-refractivity contribution in [3.8, 4) is 0 Å². The van der Waals surface area contributed by atoms with Crippen LogP contribution in [0.2, 0.25) is 0 Å². The molecule has 0 radical (unpaired) electrons. The lowest BCUT2D eigenvalue weighted by molar-refractivity contribution is -0.385. The molecule has 0 unspecified atom stereocenters. The molecule has 0 aliphatic carbocycles. The minimum Gasteiger partial charge on any atom is -0.295 e. The zero-order chi connectivity index (χ0) is 12.1. The lowest BCUT2D eigenvalue weighted by Crippen LogP contribution is -1.99. The van der Waals surface area contributed by atoms with Crippen molar-refractivity contribution < 1.29 is 9.72 Å². The van der Waals surface area contributed by atoms with Crippen LogP contribution in [0.3, 0.4) is 0 Å². The topological polar surface area (TPSA) is 60.2 Å². The fourth-order valence-corrected chi connectivity index (χ4v) is 1.53. The Labute approximate surface area is 94.4 Å². The molecule has 0 bridgehead atoms. The lowest BCUT2D eigenvalue weighted by Gasteiger charge is -2.03. The smallest absolute Gasteiger partial charge is 0.273 e. The minimum absolute atomic E-state index is 0.0566. The van der Waals surface area contributed by atoms with Crippen LogP contribution in [0.5, 0.6) is 0 Å². The van der Waals surface area contributed by atoms with Gasteiger partial charge in [-0.25, -0.2) is 0 Å². The highest BCUT2D eigenvalue weighted by Gasteiger charge is 2.15. The molecule has 0 atom stereocenters. The summed E-state index contributed by atoms with van der Waals surface area (Å²) in [7, 11) is 0. The van der Waals surface area contributed by atoms with Gasteiger partial charge in [0.1, 0.15) is 0 Å². The van der Waals surface area contributed by atoms with E-state index in [2.05, 4.69) is 0 Å². The Morgan fingerprint density at radius 1 is 1.44 bits per heavy atom. The molecule has 1 aromatic rings. The van der Waals surface area contributed by atoms with Gasteiger partial charge >= 0.3 is 0 Å². The van der Waals surface area contributed by atoms with Crippen LogP contribution in [0, 0.1) is 10.1 Å². The van der Waals surface area contributed by atoms with E-state index in [4.69, 9.17) is 0 Å². The van der Waals surface area contributed by atoms with Crippen LogP contribution in [0.4, 0.5) is 5.69 Å². The van der Waals surface area contributed by atoms with Crippen LogP contribution in [0.25, 0.3) is 0 Å². The number of unbranched alkanes of at least 4 members (excludes halogenated alkanes) is 1. The van der Waals surface area contributed by atoms with Gasteiger partial charge in [0, 0.05) is 17.2 Å². The summed E-state index contributed by atoms with van der Waals surface area (Å²) in [5, 5.41) is 10.9. The molecule has 0 N–H and O–H groups in total. The average Bonchev–Trinajstić information content (AvgIpc) is 2.25. The summed E-state index contributed by atoms with van der Waals surface area (Å²) in [6, 6.07) is 4.71. The first kappa shape index (κ1) is 12.4. The Bertz CT molecular complexity index is 413. The van der Waals surface area contributed by atoms with Gasteiger partial charge in [-0.1, -0.05) is 25.5 Å². The normalized spacial score (nSPS) is 10.1. The first-order valence-corrected chi connectivity index (χ1v) is 5.34. The first-order chi connectivity index (χ1) is 7.56. The molecular formula is C12H15NO3. The third kappa shape index (κ3) is 2.89. The third-order valence-electron chi connectivity index (χ3n) is 2.49. The molecule has 0 aliphatic rings. The van der Waals surface area contributed by atoms with E-state index in [0.29, 0.717) is 17.5 Å². The molecule has 0 aromatic heterocycles. The highest BCUT2D eigenvalue weighted by atomic mass is 16.6. The van der Waals surface area contributed by atoms with Gasteiger partial charge in [-0.15, -0.1) is 0 Å². The van der Waals surface area contributed by atoms with E-state index in [9.17, 15) is 14.9 Å². The van der Waals surface area contributed by atoms with Crippen LogP contribution in [0.1, 0.15) is 42.6 Å². The maximum atomic E-state index is 11.1. The molecule has 0 fully saturated rings. The van der Waals surface area contributed by atoms with Crippen molar-refractivity contribution in [3.63, 3.8) is 0 Å². The highest BCUT2D eigenvalue weighted by molar-refractivity contribution is 5.94. The van der Waals surface area contributed by atoms with Gasteiger partial charge in [0.15, 0.2) is 5.78 Å². The Morgan fingerprint density at radius 3 is 2.62 bits per heavy atom. The number of Topliss-reactive ketones (excluding diaryl/α,β-unsaturated/α-hetero) is 1. The summed E-state index contributed by atoms with van der Waals surface area (Å²) in [4.78, 5) is 21.6. The van der Waals surface area contributed by atoms with Gasteiger partial charge in [0.2, 0.25) is 0 Å². The molecule has 0 aliphatic heterocycles. The summed E-state index contributed by atoms with van der Waals surface area (Å²) < 4.78 is 0. The van der Waals surface area contributed by atoms with E-state index in [1.807, 2.05) is 6.92 Å². The van der Waals surface area contributed by atoms with Crippen molar-refractivity contribution in [3.05, 3.63) is 39.4 Å². The van der Waals surface area contributed by atoms with Crippen LogP contribution in [0.15, 0.2) is 18.2 Å². The Kier molecular flexibility index (Phi) is 4.17. The summed E-state index contributed by atoms with van der Waals surface area (Å²) in [6.07, 6.45) is 2.59. The number of nitro benzene ring substituents is 1. The average molecular weight is 221 g/mol. The summed E-state index contributed by atoms with van der Waals surface area (Å²) in [6.45, 7) is 3.44. The zero-order valence-corrected chi connectivity index (χ0v) is 9.53. The van der Waals surface area contributed by atoms with Gasteiger partial charge in [-0.05, 0) is 19.8 Å². The predicted octanol–water partition coefficient (Wildman–Crippen LogP) is 3.14. The largest absolute Gasteiger partial charge is 0.295 e. The SMILES string of the molecule is CCCCc1ccc(C(C)=O)cc1[N+](=O)[O-]. The number of carbonyl (C=O) groups excluding carboxylic acids is 1. The number of hydrogen-bond donors (Lipinski definition) is 0. The standard InChI is InChI=1S/C12H15NO3/c1-3-4-5-10-6-7-11(9(2)14)8-12(10)13(15)16/h6-8H,3-5H2,1-2H3. The number of ketones is 1. The molecule has 0 amide bonds. The third-order valence-corrected chi connectivity index (χ3v) is 2.49. The molecule has 0 spiro atoms. The summed E-state index contributed by atoms with van der Waals surface area (Å²) in [5.41, 5.74) is 1.16. The molecule has 0 saturated carbocycles. The highest BCUT2D eigenvalue weighted by Crippen LogP contribution is 2.22. The molecule has 16 heavy (non-hydrogen) atoms. The van der Waals surface area contributed by atoms with E-state index < -0.39 is 4.92 Å². The van der Waals surface area contributed by atoms with Crippen molar-refractivity contribution in [1.82, 2.24) is 0 Å². The molecule has 4 nitrogen and oxygen atoms in total. The molecular weight excluding hydrogens is 206 g/mol. The van der Waals surface area contributed by atoms with Crippen molar-refractivity contribution in [2.75, 3.05) is 0 Å². The van der Waals surface area contributed by atoms with Crippen LogP contribution >= 0.6 is 0 Å². The van der Waals surface area contributed by atoms with E-state index in [1.54, 1.807) is 12.1 Å². The minimum atomic E-state index is -0.419. The van der Waals surface area contributed by atoms with Crippen molar-refractivity contribution in [1.29, 1.82) is 0 Å². The quantitative estimate of drug-likeness (QED) is 0.436. The molecule has 0 heterocycles. The first-order valence-electron chi connectivity index (χ1n) is 5.34. The molecule has 0 saturated heterocycles. The van der Waals surface area contributed by atoms with E-state index >= 15 is 0 Å². The Morgan fingerprint density at radius 2 is 2.12 bits per heavy atom. The summed E-state index contributed by atoms with van der Waals surface area (Å²) >= 11 is 0. The van der Waals surface area contributed by atoms with Gasteiger partial charge in [0.25, 0.3) is 5.69 Å². The Hall–Kier alpha value is -1.71. The van der Waals surface area contributed by atoms with E-state index in [0.717, 1.165) is 12.8 Å². The van der Waals surface area contributed by atoms with Crippen LogP contribution in [-0.4, -0.2) is 10.7 Å². The van der Waals surface area contributed by atoms with Crippen LogP contribution < -0.4 is 0 Å². The molecule has 4 heteroatoms. The van der Waals surface area contributed by atoms with Gasteiger partial charge < -0.3 is 0 Å². The second-order valence-electron chi connectivity index (χ2n) is 3.76. The Balaban J connectivity index is 3.09. The zero-order valence-electron chi connectivity index (χ0n) is 9.53. The van der Waals surface area contributed by atoms with E-state index in [-0.39, 0.29) is 11.5 Å². The number of benzene rings is 1. The van der Waals surface area contributed by atoms with Crippen molar-refractivity contribution in [2.24, 2.45) is 0 Å². The second kappa shape index (κ2) is 5.39. The second-order valence-corrected chi connectivity index (χ2v) is 3.76. The number of nitro groups is 1. The molecule has 1 aromatic carbocycles. The number of nitrogens with zero attached hydrogens (tertiary/aromatic N) is 1. The fourth-order valence-electron chi connectivity index (χ4n) is 1.53. The monoisotopic (exact) mass is 221 g/mol. The predicted molar refractivity (Wildman–Crippen MR) is 61.7 cm³/mol. The number of aryl methyl sites for hydroxylation is 1. The molecule has 1 rings (SSSR count). The van der Waals surface area contributed by atoms with Crippen LogP contribution in [-0.2, 0) is 6.42 Å². The van der Waals surface area contributed by atoms with E-state index in [1.165, 1.54) is 13.0 Å². The van der Waals surface area contributed by atoms with Crippen molar-refractivity contribution in [2.45, 2.75) is 33.1 Å². The summed E-state index contributed by atoms with van der Waals surface area (Å²) in [5.74, 6) is -0.148. The number of carbonyl (C=O) groups is 1. The lowest BCUT2D eigenvalue weighted by atomic mass is 10.0. The van der Waals surface area contributed by atoms with Gasteiger partial charge in [-0.2, -0.15) is 0 Å². The van der Waals surface area contributed by atoms with Gasteiger partial charge in [-0.3, -0.25) is 14.9 Å².